The molecule has 0 rings (SSSR count). The maximum Gasteiger partial charge on any atom is 0.0620 e. The largest absolute Gasteiger partial charge is 0.330 e. The van der Waals surface area contributed by atoms with Crippen LogP contribution >= 0.6 is 0 Å². The van der Waals surface area contributed by atoms with Crippen molar-refractivity contribution in [3.8, 4) is 0 Å². The first-order valence-corrected chi connectivity index (χ1v) is 3.68. The second kappa shape index (κ2) is 8.36. The van der Waals surface area contributed by atoms with Crippen molar-refractivity contribution < 1.29 is 0 Å². The molecule has 10 heavy (non-hydrogen) atoms. The van der Waals surface area contributed by atoms with Crippen LogP contribution in [0.25, 0.3) is 0 Å². The van der Waals surface area contributed by atoms with Crippen LogP contribution in [0, 0.1) is 0 Å². The Hall–Kier alpha value is -0.640. The third kappa shape index (κ3) is 7.36. The molecule has 0 aromatic rings. The molecule has 0 saturated heterocycles. The van der Waals surface area contributed by atoms with Gasteiger partial charge in [0.2, 0.25) is 0 Å². The van der Waals surface area contributed by atoms with Gasteiger partial charge in [-0.3, -0.25) is 0 Å². The van der Waals surface area contributed by atoms with Gasteiger partial charge in [0.15, 0.2) is 0 Å². The number of hydrogen-bond acceptors (Lipinski definition) is 3. The molecule has 4 heteroatoms. The molecule has 0 atom stereocenters. The number of rotatable bonds is 6. The Kier molecular flexibility index (Phi) is 7.82. The van der Waals surface area contributed by atoms with Gasteiger partial charge in [-0.15, -0.1) is 0 Å². The predicted octanol–water partition coefficient (Wildman–Crippen LogP) is 0.831. The lowest BCUT2D eigenvalue weighted by Crippen LogP contribution is -1.97. The maximum atomic E-state index is 5.31. The average Bonchev–Trinajstić information content (AvgIpc) is 1.97. The molecule has 0 spiro atoms. The molecule has 0 amide bonds. The minimum absolute atomic E-state index is 0.751. The van der Waals surface area contributed by atoms with Gasteiger partial charge < -0.3 is 11.6 Å². The molecule has 0 aromatic carbocycles. The van der Waals surface area contributed by atoms with Crippen molar-refractivity contribution in [3.05, 3.63) is 0 Å². The van der Waals surface area contributed by atoms with E-state index in [9.17, 15) is 0 Å². The Morgan fingerprint density at radius 1 is 1.00 bits per heavy atom. The van der Waals surface area contributed by atoms with Gasteiger partial charge in [0.1, 0.15) is 0 Å². The number of hydrogen-bond donors (Lipinski definition) is 2. The van der Waals surface area contributed by atoms with E-state index in [2.05, 4.69) is 10.3 Å². The Labute approximate surface area is 61.7 Å². The van der Waals surface area contributed by atoms with Gasteiger partial charge in [-0.1, -0.05) is 18.1 Å². The molecule has 0 unspecified atom stereocenters. The van der Waals surface area contributed by atoms with Crippen LogP contribution in [0.4, 0.5) is 0 Å². The highest BCUT2D eigenvalue weighted by molar-refractivity contribution is 4.44. The van der Waals surface area contributed by atoms with Crippen molar-refractivity contribution in [2.45, 2.75) is 25.7 Å². The van der Waals surface area contributed by atoms with E-state index in [0.29, 0.717) is 0 Å². The number of nitrogens with two attached hydrogens (primary N) is 2. The van der Waals surface area contributed by atoms with Crippen molar-refractivity contribution in [2.75, 3.05) is 13.1 Å². The second-order valence-corrected chi connectivity index (χ2v) is 2.18. The van der Waals surface area contributed by atoms with Crippen molar-refractivity contribution >= 4 is 0 Å². The van der Waals surface area contributed by atoms with Gasteiger partial charge in [0.05, 0.1) is 6.54 Å². The molecule has 0 aliphatic carbocycles. The van der Waals surface area contributed by atoms with Gasteiger partial charge in [-0.2, -0.15) is 5.11 Å². The first-order valence-electron chi connectivity index (χ1n) is 3.68. The number of unbranched alkanes of at least 4 members (excludes halogenated alkanes) is 3. The minimum Gasteiger partial charge on any atom is -0.330 e. The zero-order valence-electron chi connectivity index (χ0n) is 6.29. The third-order valence-corrected chi connectivity index (χ3v) is 1.29. The Bertz CT molecular complexity index is 81.8. The molecule has 0 aromatic heterocycles. The molecule has 4 N–H and O–H groups in total. The summed E-state index contributed by atoms with van der Waals surface area (Å²) in [6.07, 6.45) is 4.55. The summed E-state index contributed by atoms with van der Waals surface area (Å²) in [5.74, 6) is 4.81. The van der Waals surface area contributed by atoms with Crippen LogP contribution in [0.3, 0.4) is 0 Å². The van der Waals surface area contributed by atoms with E-state index in [1.165, 1.54) is 12.8 Å². The van der Waals surface area contributed by atoms with Gasteiger partial charge in [-0.05, 0) is 19.4 Å². The van der Waals surface area contributed by atoms with Crippen molar-refractivity contribution in [3.63, 3.8) is 0 Å². The smallest absolute Gasteiger partial charge is 0.0620 e. The molecule has 0 aliphatic heterocycles. The zero-order valence-corrected chi connectivity index (χ0v) is 6.29. The molecule has 0 aliphatic rings. The van der Waals surface area contributed by atoms with Crippen LogP contribution in [0.5, 0.6) is 0 Å². The maximum absolute atomic E-state index is 5.31. The van der Waals surface area contributed by atoms with E-state index in [1.807, 2.05) is 0 Å². The fourth-order valence-electron chi connectivity index (χ4n) is 0.738. The van der Waals surface area contributed by atoms with Gasteiger partial charge in [0, 0.05) is 0 Å². The molecule has 0 radical (unpaired) electrons. The van der Waals surface area contributed by atoms with E-state index in [-0.39, 0.29) is 0 Å². The van der Waals surface area contributed by atoms with Crippen LogP contribution in [-0.2, 0) is 0 Å². The van der Waals surface area contributed by atoms with Crippen LogP contribution in [0.2, 0.25) is 0 Å². The van der Waals surface area contributed by atoms with Gasteiger partial charge in [0.25, 0.3) is 0 Å². The fourth-order valence-corrected chi connectivity index (χ4v) is 0.738. The van der Waals surface area contributed by atoms with Crippen LogP contribution < -0.4 is 11.6 Å². The van der Waals surface area contributed by atoms with Crippen LogP contribution in [-0.4, -0.2) is 13.1 Å². The summed E-state index contributed by atoms with van der Waals surface area (Å²) in [5, 5.41) is 6.79. The highest BCUT2D eigenvalue weighted by Gasteiger charge is 1.86. The Morgan fingerprint density at radius 3 is 2.30 bits per heavy atom. The number of nitrogens with zero attached hydrogens (tertiary/aromatic N) is 2. The topological polar surface area (TPSA) is 76.8 Å². The summed E-state index contributed by atoms with van der Waals surface area (Å²) in [6.45, 7) is 1.54. The average molecular weight is 144 g/mol. The highest BCUT2D eigenvalue weighted by Crippen LogP contribution is 1.97. The van der Waals surface area contributed by atoms with E-state index < -0.39 is 0 Å². The van der Waals surface area contributed by atoms with Crippen molar-refractivity contribution in [1.29, 1.82) is 0 Å². The quantitative estimate of drug-likeness (QED) is 0.251. The normalized spacial score (nSPS) is 10.9. The first kappa shape index (κ1) is 9.36. The van der Waals surface area contributed by atoms with Crippen LogP contribution in [0.15, 0.2) is 10.3 Å². The van der Waals surface area contributed by atoms with Crippen LogP contribution in [0.1, 0.15) is 25.7 Å². The van der Waals surface area contributed by atoms with Crippen molar-refractivity contribution in [1.82, 2.24) is 0 Å². The standard InChI is InChI=1S/C6H16N4/c7-5-3-1-2-4-6-9-10-8/h1-7H2,(H2,8,9). The summed E-state index contributed by atoms with van der Waals surface area (Å²) in [4.78, 5) is 0. The lowest BCUT2D eigenvalue weighted by atomic mass is 10.2. The summed E-state index contributed by atoms with van der Waals surface area (Å²) >= 11 is 0. The third-order valence-electron chi connectivity index (χ3n) is 1.29. The van der Waals surface area contributed by atoms with E-state index in [4.69, 9.17) is 11.6 Å². The summed E-state index contributed by atoms with van der Waals surface area (Å²) < 4.78 is 0. The first-order chi connectivity index (χ1) is 4.91. The zero-order chi connectivity index (χ0) is 7.66. The molecule has 0 heterocycles. The van der Waals surface area contributed by atoms with Gasteiger partial charge >= 0.3 is 0 Å². The molecule has 4 nitrogen and oxygen atoms in total. The minimum atomic E-state index is 0.751. The van der Waals surface area contributed by atoms with E-state index >= 15 is 0 Å². The summed E-state index contributed by atoms with van der Waals surface area (Å²) in [5.41, 5.74) is 5.31. The fraction of sp³-hybridized carbons (Fsp3) is 1.00. The molecule has 0 bridgehead atoms. The summed E-state index contributed by atoms with van der Waals surface area (Å²) in [6, 6.07) is 0. The lowest BCUT2D eigenvalue weighted by molar-refractivity contribution is 0.643. The molecule has 0 fully saturated rings. The Balaban J connectivity index is 2.77. The monoisotopic (exact) mass is 144 g/mol. The molecule has 60 valence electrons. The predicted molar refractivity (Wildman–Crippen MR) is 41.4 cm³/mol. The lowest BCUT2D eigenvalue weighted by Gasteiger charge is -1.94. The van der Waals surface area contributed by atoms with Gasteiger partial charge in [-0.25, -0.2) is 0 Å². The second-order valence-electron chi connectivity index (χ2n) is 2.18. The molecule has 0 saturated carbocycles. The van der Waals surface area contributed by atoms with Crippen molar-refractivity contribution in [2.24, 2.45) is 21.9 Å². The molecular formula is C6H16N4. The highest BCUT2D eigenvalue weighted by atomic mass is 15.3. The van der Waals surface area contributed by atoms with E-state index in [0.717, 1.165) is 25.9 Å². The SMILES string of the molecule is NCCCCCCN=NN. The molecular weight excluding hydrogens is 128 g/mol. The van der Waals surface area contributed by atoms with E-state index in [1.54, 1.807) is 0 Å². The Morgan fingerprint density at radius 2 is 1.70 bits per heavy atom. The summed E-state index contributed by atoms with van der Waals surface area (Å²) in [7, 11) is 0.